The number of benzene rings is 2. The van der Waals surface area contributed by atoms with Crippen molar-refractivity contribution in [1.82, 2.24) is 20.2 Å². The van der Waals surface area contributed by atoms with E-state index >= 15 is 0 Å². The first-order chi connectivity index (χ1) is 13.1. The van der Waals surface area contributed by atoms with Crippen molar-refractivity contribution in [2.45, 2.75) is 19.8 Å². The number of carbonyl (C=O) groups excluding carboxylic acids is 2. The number of tetrazole rings is 1. The van der Waals surface area contributed by atoms with Gasteiger partial charge in [0, 0.05) is 22.9 Å². The van der Waals surface area contributed by atoms with Crippen molar-refractivity contribution >= 4 is 23.2 Å². The second-order valence-electron chi connectivity index (χ2n) is 6.55. The van der Waals surface area contributed by atoms with Gasteiger partial charge in [-0.05, 0) is 66.1 Å². The summed E-state index contributed by atoms with van der Waals surface area (Å²) in [6.45, 7) is 1.90. The van der Waals surface area contributed by atoms with Crippen LogP contribution in [-0.2, 0) is 4.79 Å². The summed E-state index contributed by atoms with van der Waals surface area (Å²) >= 11 is 0. The predicted octanol–water partition coefficient (Wildman–Crippen LogP) is 2.57. The van der Waals surface area contributed by atoms with Gasteiger partial charge in [-0.25, -0.2) is 4.68 Å². The fourth-order valence-electron chi connectivity index (χ4n) is 2.69. The molecule has 2 N–H and O–H groups in total. The Kier molecular flexibility index (Phi) is 4.37. The largest absolute Gasteiger partial charge is 0.326 e. The third-order valence-corrected chi connectivity index (χ3v) is 4.42. The Hall–Kier alpha value is -3.55. The molecule has 0 aliphatic heterocycles. The molecule has 3 aromatic rings. The second kappa shape index (κ2) is 6.99. The van der Waals surface area contributed by atoms with Gasteiger partial charge in [-0.2, -0.15) is 0 Å². The van der Waals surface area contributed by atoms with Gasteiger partial charge in [0.15, 0.2) is 0 Å². The van der Waals surface area contributed by atoms with E-state index in [4.69, 9.17) is 0 Å². The lowest BCUT2D eigenvalue weighted by atomic mass is 10.1. The van der Waals surface area contributed by atoms with Gasteiger partial charge in [0.1, 0.15) is 6.33 Å². The van der Waals surface area contributed by atoms with Crippen molar-refractivity contribution in [2.75, 3.05) is 10.6 Å². The minimum Gasteiger partial charge on any atom is -0.326 e. The molecule has 0 bridgehead atoms. The van der Waals surface area contributed by atoms with Crippen LogP contribution >= 0.6 is 0 Å². The van der Waals surface area contributed by atoms with Gasteiger partial charge >= 0.3 is 0 Å². The van der Waals surface area contributed by atoms with Crippen molar-refractivity contribution in [3.8, 4) is 5.69 Å². The van der Waals surface area contributed by atoms with E-state index in [0.717, 1.165) is 18.4 Å². The van der Waals surface area contributed by atoms with E-state index in [1.54, 1.807) is 24.3 Å². The maximum absolute atomic E-state index is 12.7. The molecule has 0 unspecified atom stereocenters. The smallest absolute Gasteiger partial charge is 0.255 e. The monoisotopic (exact) mass is 362 g/mol. The maximum Gasteiger partial charge on any atom is 0.255 e. The molecule has 1 heterocycles. The van der Waals surface area contributed by atoms with Crippen LogP contribution in [0.3, 0.4) is 0 Å². The molecular weight excluding hydrogens is 344 g/mol. The molecule has 2 amide bonds. The number of anilines is 2. The van der Waals surface area contributed by atoms with Crippen molar-refractivity contribution in [3.63, 3.8) is 0 Å². The zero-order valence-electron chi connectivity index (χ0n) is 14.7. The summed E-state index contributed by atoms with van der Waals surface area (Å²) in [7, 11) is 0. The summed E-state index contributed by atoms with van der Waals surface area (Å²) in [4.78, 5) is 24.6. The molecular formula is C19H18N6O2. The number of nitrogens with zero attached hydrogens (tertiary/aromatic N) is 4. The SMILES string of the molecule is Cc1ccc(NC(=O)C2CC2)cc1NC(=O)c1cccc(-n2cnnn2)c1. The number of rotatable bonds is 5. The molecule has 0 saturated heterocycles. The third-order valence-electron chi connectivity index (χ3n) is 4.42. The quantitative estimate of drug-likeness (QED) is 0.726. The highest BCUT2D eigenvalue weighted by molar-refractivity contribution is 6.05. The Labute approximate surface area is 155 Å². The molecule has 0 atom stereocenters. The van der Waals surface area contributed by atoms with Crippen LogP contribution in [0.5, 0.6) is 0 Å². The molecule has 8 nitrogen and oxygen atoms in total. The van der Waals surface area contributed by atoms with Crippen LogP contribution in [-0.4, -0.2) is 32.0 Å². The van der Waals surface area contributed by atoms with E-state index in [9.17, 15) is 9.59 Å². The van der Waals surface area contributed by atoms with E-state index < -0.39 is 0 Å². The van der Waals surface area contributed by atoms with Crippen LogP contribution in [0.15, 0.2) is 48.8 Å². The van der Waals surface area contributed by atoms with E-state index in [2.05, 4.69) is 26.2 Å². The molecule has 8 heteroatoms. The minimum atomic E-state index is -0.251. The van der Waals surface area contributed by atoms with Crippen LogP contribution < -0.4 is 10.6 Å². The van der Waals surface area contributed by atoms with Crippen molar-refractivity contribution in [3.05, 3.63) is 59.9 Å². The molecule has 1 aliphatic rings. The number of hydrogen-bond acceptors (Lipinski definition) is 5. The summed E-state index contributed by atoms with van der Waals surface area (Å²) < 4.78 is 1.48. The van der Waals surface area contributed by atoms with Crippen molar-refractivity contribution in [2.24, 2.45) is 5.92 Å². The van der Waals surface area contributed by atoms with Gasteiger partial charge in [0.25, 0.3) is 5.91 Å². The molecule has 1 fully saturated rings. The van der Waals surface area contributed by atoms with Crippen molar-refractivity contribution < 1.29 is 9.59 Å². The molecule has 2 aromatic carbocycles. The standard InChI is InChI=1S/C19H18N6O2/c1-12-5-8-15(21-18(26)13-6-7-13)10-17(12)22-19(27)14-3-2-4-16(9-14)25-11-20-23-24-25/h2-5,8-11,13H,6-7H2,1H3,(H,21,26)(H,22,27). The van der Waals surface area contributed by atoms with Gasteiger partial charge in [-0.15, -0.1) is 5.10 Å². The summed E-state index contributed by atoms with van der Waals surface area (Å²) in [5, 5.41) is 16.8. The first kappa shape index (κ1) is 16.9. The molecule has 136 valence electrons. The van der Waals surface area contributed by atoms with Crippen LogP contribution in [0.1, 0.15) is 28.8 Å². The average molecular weight is 362 g/mol. The first-order valence-corrected chi connectivity index (χ1v) is 8.66. The van der Waals surface area contributed by atoms with E-state index in [1.165, 1.54) is 11.0 Å². The fraction of sp³-hybridized carbons (Fsp3) is 0.211. The van der Waals surface area contributed by atoms with Crippen LogP contribution in [0.2, 0.25) is 0 Å². The van der Waals surface area contributed by atoms with Crippen LogP contribution in [0.25, 0.3) is 5.69 Å². The van der Waals surface area contributed by atoms with Gasteiger partial charge in [0.05, 0.1) is 5.69 Å². The molecule has 1 aromatic heterocycles. The topological polar surface area (TPSA) is 102 Å². The molecule has 27 heavy (non-hydrogen) atoms. The summed E-state index contributed by atoms with van der Waals surface area (Å²) in [6.07, 6.45) is 3.35. The summed E-state index contributed by atoms with van der Waals surface area (Å²) in [6, 6.07) is 12.5. The number of amides is 2. The molecule has 0 spiro atoms. The van der Waals surface area contributed by atoms with Crippen molar-refractivity contribution in [1.29, 1.82) is 0 Å². The number of carbonyl (C=O) groups is 2. The number of aryl methyl sites for hydroxylation is 1. The van der Waals surface area contributed by atoms with E-state index in [1.807, 2.05) is 25.1 Å². The normalized spacial score (nSPS) is 13.2. The zero-order valence-corrected chi connectivity index (χ0v) is 14.7. The highest BCUT2D eigenvalue weighted by Gasteiger charge is 2.29. The third kappa shape index (κ3) is 3.84. The van der Waals surface area contributed by atoms with Gasteiger partial charge in [-0.3, -0.25) is 9.59 Å². The highest BCUT2D eigenvalue weighted by Crippen LogP contribution is 2.31. The Morgan fingerprint density at radius 1 is 1.11 bits per heavy atom. The first-order valence-electron chi connectivity index (χ1n) is 8.66. The predicted molar refractivity (Wildman–Crippen MR) is 99.6 cm³/mol. The Morgan fingerprint density at radius 3 is 2.70 bits per heavy atom. The average Bonchev–Trinajstić information content (AvgIpc) is 3.39. The van der Waals surface area contributed by atoms with Crippen LogP contribution in [0.4, 0.5) is 11.4 Å². The molecule has 0 radical (unpaired) electrons. The van der Waals surface area contributed by atoms with E-state index in [0.29, 0.717) is 22.6 Å². The van der Waals surface area contributed by atoms with Gasteiger partial charge in [0.2, 0.25) is 5.91 Å². The lowest BCUT2D eigenvalue weighted by molar-refractivity contribution is -0.117. The summed E-state index contributed by atoms with van der Waals surface area (Å²) in [5.41, 5.74) is 3.41. The van der Waals surface area contributed by atoms with E-state index in [-0.39, 0.29) is 17.7 Å². The molecule has 1 aliphatic carbocycles. The van der Waals surface area contributed by atoms with Gasteiger partial charge in [-0.1, -0.05) is 12.1 Å². The highest BCUT2D eigenvalue weighted by atomic mass is 16.2. The number of aromatic nitrogens is 4. The Morgan fingerprint density at radius 2 is 1.96 bits per heavy atom. The number of nitrogens with one attached hydrogen (secondary N) is 2. The fourth-order valence-corrected chi connectivity index (χ4v) is 2.69. The Bertz CT molecular complexity index is 995. The lowest BCUT2D eigenvalue weighted by Gasteiger charge is -2.12. The number of hydrogen-bond donors (Lipinski definition) is 2. The summed E-state index contributed by atoms with van der Waals surface area (Å²) in [5.74, 6) is -0.0951. The molecule has 4 rings (SSSR count). The maximum atomic E-state index is 12.7. The van der Waals surface area contributed by atoms with Gasteiger partial charge < -0.3 is 10.6 Å². The lowest BCUT2D eigenvalue weighted by Crippen LogP contribution is -2.15. The zero-order chi connectivity index (χ0) is 18.8. The minimum absolute atomic E-state index is 0.0327. The van der Waals surface area contributed by atoms with Crippen LogP contribution in [0, 0.1) is 12.8 Å². The second-order valence-corrected chi connectivity index (χ2v) is 6.55. The molecule has 1 saturated carbocycles. The Balaban J connectivity index is 1.52.